The van der Waals surface area contributed by atoms with E-state index in [1.54, 1.807) is 6.21 Å². The van der Waals surface area contributed by atoms with Crippen LogP contribution in [0.15, 0.2) is 65.6 Å². The van der Waals surface area contributed by atoms with E-state index in [4.69, 9.17) is 10.5 Å². The lowest BCUT2D eigenvalue weighted by Crippen LogP contribution is -2.54. The molecule has 2 aromatic heterocycles. The lowest BCUT2D eigenvalue weighted by Gasteiger charge is -2.31. The summed E-state index contributed by atoms with van der Waals surface area (Å²) in [5.41, 5.74) is 12.2. The summed E-state index contributed by atoms with van der Waals surface area (Å²) in [5, 5.41) is 9.11. The Balaban J connectivity index is 1.27. The number of hydrogen-bond donors (Lipinski definition) is 5. The summed E-state index contributed by atoms with van der Waals surface area (Å²) in [6.45, 7) is 4.70. The van der Waals surface area contributed by atoms with E-state index < -0.39 is 5.79 Å². The van der Waals surface area contributed by atoms with Crippen LogP contribution in [0.3, 0.4) is 0 Å². The maximum atomic E-state index is 6.61. The Labute approximate surface area is 186 Å². The van der Waals surface area contributed by atoms with E-state index in [2.05, 4.69) is 56.8 Å². The normalized spacial score (nSPS) is 18.0. The van der Waals surface area contributed by atoms with E-state index in [1.807, 2.05) is 37.4 Å². The van der Waals surface area contributed by atoms with E-state index in [0.29, 0.717) is 13.0 Å². The molecule has 7 nitrogen and oxygen atoms in total. The topological polar surface area (TPSA) is 103 Å². The van der Waals surface area contributed by atoms with Gasteiger partial charge in [0.25, 0.3) is 0 Å². The van der Waals surface area contributed by atoms with Gasteiger partial charge in [0.2, 0.25) is 0 Å². The van der Waals surface area contributed by atoms with Crippen LogP contribution >= 0.6 is 0 Å². The fourth-order valence-corrected chi connectivity index (χ4v) is 4.21. The van der Waals surface area contributed by atoms with E-state index in [1.165, 1.54) is 10.9 Å². The number of anilines is 1. The summed E-state index contributed by atoms with van der Waals surface area (Å²) < 4.78 is 5.66. The number of fused-ring (bicyclic) bond motifs is 2. The van der Waals surface area contributed by atoms with Crippen molar-refractivity contribution in [3.63, 3.8) is 0 Å². The van der Waals surface area contributed by atoms with Gasteiger partial charge in [0.1, 0.15) is 11.6 Å². The number of rotatable bonds is 7. The van der Waals surface area contributed by atoms with Gasteiger partial charge in [-0.25, -0.2) is 0 Å². The number of H-pyrrole nitrogens is 2. The van der Waals surface area contributed by atoms with Crippen LogP contribution in [-0.4, -0.2) is 28.6 Å². The van der Waals surface area contributed by atoms with Gasteiger partial charge < -0.3 is 25.3 Å². The van der Waals surface area contributed by atoms with Crippen LogP contribution in [0.4, 0.5) is 5.69 Å². The number of allylic oxidation sites excluding steroid dienone is 1. The molecule has 2 aromatic carbocycles. The maximum absolute atomic E-state index is 6.61. The van der Waals surface area contributed by atoms with Crippen LogP contribution in [0.2, 0.25) is 0 Å². The number of nitrogens with zero attached hydrogens (tertiary/aromatic N) is 1. The second kappa shape index (κ2) is 8.09. The number of benzene rings is 2. The minimum atomic E-state index is -0.882. The Morgan fingerprint density at radius 2 is 2.00 bits per heavy atom. The smallest absolute Gasteiger partial charge is 0.183 e. The third-order valence-electron chi connectivity index (χ3n) is 5.76. The Kier molecular flexibility index (Phi) is 5.11. The van der Waals surface area contributed by atoms with Crippen LogP contribution in [0.25, 0.3) is 21.8 Å². The molecule has 1 aliphatic rings. The van der Waals surface area contributed by atoms with Gasteiger partial charge in [-0.1, -0.05) is 0 Å². The highest BCUT2D eigenvalue weighted by atomic mass is 16.5. The Morgan fingerprint density at radius 1 is 1.12 bits per heavy atom. The number of nitrogens with two attached hydrogens (primary N) is 1. The summed E-state index contributed by atoms with van der Waals surface area (Å²) in [5.74, 6) is 0.820. The van der Waals surface area contributed by atoms with Crippen molar-refractivity contribution in [2.45, 2.75) is 32.5 Å². The molecule has 0 saturated carbocycles. The standard InChI is InChI=1S/C25H28N6O/c1-3-32-20-5-7-23-21(14-20)17(15-27-23)8-10-25(26)28-11-9-24(31-25)30-19-4-6-22-18(13-19)12-16(2)29-22/h4-7,9,11-15,27,29-31H,3,8,10,26H2,1-2H3. The highest BCUT2D eigenvalue weighted by Gasteiger charge is 2.26. The lowest BCUT2D eigenvalue weighted by molar-refractivity contribution is 0.340. The molecule has 1 aliphatic heterocycles. The number of nitrogens with one attached hydrogen (secondary N) is 4. The van der Waals surface area contributed by atoms with Gasteiger partial charge >= 0.3 is 0 Å². The van der Waals surface area contributed by atoms with Crippen molar-refractivity contribution in [1.29, 1.82) is 0 Å². The number of aryl methyl sites for hydroxylation is 2. The number of aromatic nitrogens is 2. The summed E-state index contributed by atoms with van der Waals surface area (Å²) in [7, 11) is 0. The Bertz CT molecular complexity index is 1330. The van der Waals surface area contributed by atoms with E-state index in [-0.39, 0.29) is 0 Å². The molecular weight excluding hydrogens is 400 g/mol. The van der Waals surface area contributed by atoms with Gasteiger partial charge in [-0.15, -0.1) is 0 Å². The van der Waals surface area contributed by atoms with Gasteiger partial charge in [0.15, 0.2) is 5.79 Å². The van der Waals surface area contributed by atoms with Crippen LogP contribution in [0, 0.1) is 6.92 Å². The molecule has 0 fully saturated rings. The second-order valence-corrected chi connectivity index (χ2v) is 8.24. The zero-order valence-corrected chi connectivity index (χ0v) is 18.3. The molecule has 5 rings (SSSR count). The van der Waals surface area contributed by atoms with Crippen molar-refractivity contribution >= 4 is 33.7 Å². The monoisotopic (exact) mass is 428 g/mol. The largest absolute Gasteiger partial charge is 0.494 e. The van der Waals surface area contributed by atoms with E-state index in [9.17, 15) is 0 Å². The zero-order valence-electron chi connectivity index (χ0n) is 18.3. The summed E-state index contributed by atoms with van der Waals surface area (Å²) >= 11 is 0. The molecule has 1 unspecified atom stereocenters. The van der Waals surface area contributed by atoms with Gasteiger partial charge in [-0.3, -0.25) is 10.7 Å². The van der Waals surface area contributed by atoms with E-state index >= 15 is 0 Å². The van der Waals surface area contributed by atoms with Crippen molar-refractivity contribution in [3.05, 3.63) is 71.8 Å². The minimum Gasteiger partial charge on any atom is -0.494 e. The fraction of sp³-hybridized carbons (Fsp3) is 0.240. The molecule has 1 atom stereocenters. The highest BCUT2D eigenvalue weighted by Crippen LogP contribution is 2.27. The number of aliphatic imine (C=N–C) groups is 1. The highest BCUT2D eigenvalue weighted by molar-refractivity contribution is 5.85. The van der Waals surface area contributed by atoms with Crippen molar-refractivity contribution in [1.82, 2.24) is 15.3 Å². The molecular formula is C25H28N6O. The number of ether oxygens (including phenoxy) is 1. The second-order valence-electron chi connectivity index (χ2n) is 8.24. The molecule has 7 heteroatoms. The number of hydrogen-bond acceptors (Lipinski definition) is 5. The Morgan fingerprint density at radius 3 is 2.88 bits per heavy atom. The molecule has 0 radical (unpaired) electrons. The predicted molar refractivity (Wildman–Crippen MR) is 131 cm³/mol. The molecule has 0 spiro atoms. The Hall–Kier alpha value is -3.71. The van der Waals surface area contributed by atoms with Crippen LogP contribution < -0.4 is 21.1 Å². The van der Waals surface area contributed by atoms with Gasteiger partial charge in [-0.2, -0.15) is 0 Å². The molecule has 164 valence electrons. The molecule has 0 aliphatic carbocycles. The third kappa shape index (κ3) is 4.07. The van der Waals surface area contributed by atoms with Crippen LogP contribution in [0.5, 0.6) is 5.75 Å². The molecule has 3 heterocycles. The van der Waals surface area contributed by atoms with Gasteiger partial charge in [-0.05, 0) is 74.4 Å². The zero-order chi connectivity index (χ0) is 22.1. The molecule has 6 N–H and O–H groups in total. The summed E-state index contributed by atoms with van der Waals surface area (Å²) in [6.07, 6.45) is 7.12. The first-order valence-corrected chi connectivity index (χ1v) is 10.9. The number of aromatic amines is 2. The molecule has 0 amide bonds. The fourth-order valence-electron chi connectivity index (χ4n) is 4.21. The SMILES string of the molecule is CCOc1ccc2[nH]cc(CCC3(N)N=CC=C(Nc4ccc5[nH]c(C)cc5c4)N3)c2c1. The average Bonchev–Trinajstić information content (AvgIpc) is 3.34. The first kappa shape index (κ1) is 20.2. The predicted octanol–water partition coefficient (Wildman–Crippen LogP) is 4.53. The molecule has 0 bridgehead atoms. The van der Waals surface area contributed by atoms with E-state index in [0.717, 1.165) is 45.8 Å². The third-order valence-corrected chi connectivity index (χ3v) is 5.76. The maximum Gasteiger partial charge on any atom is 0.183 e. The van der Waals surface area contributed by atoms with Crippen molar-refractivity contribution in [2.24, 2.45) is 10.7 Å². The molecule has 0 saturated heterocycles. The first-order chi connectivity index (χ1) is 15.5. The molecule has 4 aromatic rings. The van der Waals surface area contributed by atoms with Crippen molar-refractivity contribution < 1.29 is 4.74 Å². The minimum absolute atomic E-state index is 0.643. The average molecular weight is 429 g/mol. The lowest BCUT2D eigenvalue weighted by atomic mass is 10.0. The summed E-state index contributed by atoms with van der Waals surface area (Å²) in [6, 6.07) is 14.5. The van der Waals surface area contributed by atoms with Crippen LogP contribution in [0.1, 0.15) is 24.6 Å². The first-order valence-electron chi connectivity index (χ1n) is 10.9. The molecule has 32 heavy (non-hydrogen) atoms. The quantitative estimate of drug-likeness (QED) is 0.298. The summed E-state index contributed by atoms with van der Waals surface area (Å²) in [4.78, 5) is 11.2. The van der Waals surface area contributed by atoms with Crippen molar-refractivity contribution in [2.75, 3.05) is 11.9 Å². The van der Waals surface area contributed by atoms with Crippen LogP contribution in [-0.2, 0) is 6.42 Å². The van der Waals surface area contributed by atoms with Gasteiger partial charge in [0.05, 0.1) is 6.61 Å². The van der Waals surface area contributed by atoms with Gasteiger partial charge in [0, 0.05) is 52.0 Å². The van der Waals surface area contributed by atoms with Crippen molar-refractivity contribution in [3.8, 4) is 5.75 Å².